The highest BCUT2D eigenvalue weighted by Crippen LogP contribution is 2.20. The van der Waals surface area contributed by atoms with Crippen LogP contribution in [0, 0.1) is 5.92 Å². The van der Waals surface area contributed by atoms with E-state index >= 15 is 0 Å². The molecule has 1 fully saturated rings. The molecule has 1 aliphatic rings. The standard InChI is InChI=1S/C8H15N.C4H10.C2H6/c1-4-8(3)9-5-7(2)6-9;1-3-4-2;1-2/h7H,3-6H2,1-2H3;3-4H2,1-2H3;1-2H3. The van der Waals surface area contributed by atoms with E-state index in [4.69, 9.17) is 0 Å². The van der Waals surface area contributed by atoms with Crippen molar-refractivity contribution in [2.75, 3.05) is 13.1 Å². The second-order valence-corrected chi connectivity index (χ2v) is 3.93. The number of hydrogen-bond acceptors (Lipinski definition) is 1. The Hall–Kier alpha value is -0.460. The predicted molar refractivity (Wildman–Crippen MR) is 72.1 cm³/mol. The van der Waals surface area contributed by atoms with Crippen molar-refractivity contribution >= 4 is 0 Å². The summed E-state index contributed by atoms with van der Waals surface area (Å²) < 4.78 is 0. The topological polar surface area (TPSA) is 3.24 Å². The van der Waals surface area contributed by atoms with Crippen molar-refractivity contribution in [3.05, 3.63) is 12.3 Å². The van der Waals surface area contributed by atoms with Crippen LogP contribution in [0.3, 0.4) is 0 Å². The molecular weight excluding hydrogens is 182 g/mol. The van der Waals surface area contributed by atoms with Crippen LogP contribution < -0.4 is 0 Å². The second kappa shape index (κ2) is 11.6. The molecule has 0 amide bonds. The molecule has 0 atom stereocenters. The maximum atomic E-state index is 3.96. The number of unbranched alkanes of at least 4 members (excludes halogenated alkanes) is 1. The third-order valence-electron chi connectivity index (χ3n) is 2.42. The summed E-state index contributed by atoms with van der Waals surface area (Å²) >= 11 is 0. The molecule has 0 unspecified atom stereocenters. The molecule has 1 heteroatoms. The minimum atomic E-state index is 0.897. The van der Waals surface area contributed by atoms with Crippen molar-refractivity contribution in [2.45, 2.75) is 60.8 Å². The first-order valence-electron chi connectivity index (χ1n) is 6.58. The first kappa shape index (κ1) is 17.0. The largest absolute Gasteiger partial charge is 0.375 e. The summed E-state index contributed by atoms with van der Waals surface area (Å²) in [5, 5.41) is 0. The summed E-state index contributed by atoms with van der Waals surface area (Å²) in [5.41, 5.74) is 1.30. The van der Waals surface area contributed by atoms with Crippen LogP contribution in [-0.4, -0.2) is 18.0 Å². The molecule has 0 aromatic heterocycles. The van der Waals surface area contributed by atoms with E-state index in [9.17, 15) is 0 Å². The zero-order chi connectivity index (χ0) is 12.3. The van der Waals surface area contributed by atoms with Crippen molar-refractivity contribution in [3.63, 3.8) is 0 Å². The molecule has 92 valence electrons. The van der Waals surface area contributed by atoms with Gasteiger partial charge in [0, 0.05) is 18.8 Å². The Balaban J connectivity index is 0. The minimum absolute atomic E-state index is 0.897. The highest BCUT2D eigenvalue weighted by Gasteiger charge is 2.21. The van der Waals surface area contributed by atoms with Gasteiger partial charge in [0.1, 0.15) is 0 Å². The van der Waals surface area contributed by atoms with Crippen molar-refractivity contribution in [1.82, 2.24) is 4.90 Å². The van der Waals surface area contributed by atoms with Gasteiger partial charge in [-0.25, -0.2) is 0 Å². The van der Waals surface area contributed by atoms with Crippen molar-refractivity contribution in [2.24, 2.45) is 5.92 Å². The summed E-state index contributed by atoms with van der Waals surface area (Å²) in [5.74, 6) is 0.897. The summed E-state index contributed by atoms with van der Waals surface area (Å²) in [6.07, 6.45) is 3.74. The number of rotatable bonds is 3. The zero-order valence-corrected chi connectivity index (χ0v) is 11.8. The van der Waals surface area contributed by atoms with Gasteiger partial charge in [0.2, 0.25) is 0 Å². The van der Waals surface area contributed by atoms with Gasteiger partial charge in [-0.15, -0.1) is 0 Å². The Bertz CT molecular complexity index is 132. The number of hydrogen-bond donors (Lipinski definition) is 0. The zero-order valence-electron chi connectivity index (χ0n) is 11.8. The second-order valence-electron chi connectivity index (χ2n) is 3.93. The van der Waals surface area contributed by atoms with Crippen LogP contribution >= 0.6 is 0 Å². The van der Waals surface area contributed by atoms with E-state index in [2.05, 4.69) is 39.2 Å². The molecule has 0 radical (unpaired) electrons. The van der Waals surface area contributed by atoms with Crippen LogP contribution in [0.25, 0.3) is 0 Å². The quantitative estimate of drug-likeness (QED) is 0.657. The van der Waals surface area contributed by atoms with Gasteiger partial charge in [0.05, 0.1) is 0 Å². The van der Waals surface area contributed by atoms with Gasteiger partial charge in [0.15, 0.2) is 0 Å². The lowest BCUT2D eigenvalue weighted by molar-refractivity contribution is 0.154. The van der Waals surface area contributed by atoms with Crippen LogP contribution in [-0.2, 0) is 0 Å². The van der Waals surface area contributed by atoms with Crippen molar-refractivity contribution in [1.29, 1.82) is 0 Å². The smallest absolute Gasteiger partial charge is 0.0217 e. The van der Waals surface area contributed by atoms with E-state index in [-0.39, 0.29) is 0 Å². The Morgan fingerprint density at radius 1 is 1.13 bits per heavy atom. The molecule has 1 saturated heterocycles. The number of allylic oxidation sites excluding steroid dienone is 1. The van der Waals surface area contributed by atoms with Gasteiger partial charge in [-0.3, -0.25) is 0 Å². The molecule has 0 bridgehead atoms. The van der Waals surface area contributed by atoms with Crippen LogP contribution in [0.4, 0.5) is 0 Å². The Labute approximate surface area is 97.6 Å². The van der Waals surface area contributed by atoms with Gasteiger partial charge in [-0.1, -0.05) is 61.0 Å². The van der Waals surface area contributed by atoms with Gasteiger partial charge in [0.25, 0.3) is 0 Å². The SMILES string of the molecule is C=C(CC)N1CC(C)C1.CC.CCCC. The van der Waals surface area contributed by atoms with Crippen molar-refractivity contribution in [3.8, 4) is 0 Å². The van der Waals surface area contributed by atoms with Gasteiger partial charge >= 0.3 is 0 Å². The lowest BCUT2D eigenvalue weighted by atomic mass is 10.0. The molecule has 0 aromatic rings. The Kier molecular flexibility index (Phi) is 13.1. The van der Waals surface area contributed by atoms with Crippen LogP contribution in [0.15, 0.2) is 12.3 Å². The average Bonchev–Trinajstić information content (AvgIpc) is 2.27. The molecule has 0 N–H and O–H groups in total. The fraction of sp³-hybridized carbons (Fsp3) is 0.857. The molecule has 15 heavy (non-hydrogen) atoms. The third kappa shape index (κ3) is 8.53. The highest BCUT2D eigenvalue weighted by molar-refractivity contribution is 4.98. The van der Waals surface area contributed by atoms with Crippen LogP contribution in [0.2, 0.25) is 0 Å². The van der Waals surface area contributed by atoms with E-state index in [0.29, 0.717) is 0 Å². The summed E-state index contributed by atoms with van der Waals surface area (Å²) in [7, 11) is 0. The van der Waals surface area contributed by atoms with E-state index in [1.165, 1.54) is 31.6 Å². The molecule has 1 heterocycles. The van der Waals surface area contributed by atoms with Crippen molar-refractivity contribution < 1.29 is 0 Å². The predicted octanol–water partition coefficient (Wildman–Crippen LogP) is 4.69. The summed E-state index contributed by atoms with van der Waals surface area (Å²) in [6.45, 7) is 19.2. The van der Waals surface area contributed by atoms with Gasteiger partial charge < -0.3 is 4.90 Å². The highest BCUT2D eigenvalue weighted by atomic mass is 15.2. The van der Waals surface area contributed by atoms with E-state index in [1.54, 1.807) is 0 Å². The van der Waals surface area contributed by atoms with E-state index in [0.717, 1.165) is 12.3 Å². The maximum absolute atomic E-state index is 3.96. The Morgan fingerprint density at radius 3 is 1.73 bits per heavy atom. The normalized spacial score (nSPS) is 14.1. The molecular formula is C14H31N. The number of likely N-dealkylation sites (tertiary alicyclic amines) is 1. The molecule has 1 aliphatic heterocycles. The number of nitrogens with zero attached hydrogens (tertiary/aromatic N) is 1. The monoisotopic (exact) mass is 213 g/mol. The van der Waals surface area contributed by atoms with E-state index < -0.39 is 0 Å². The molecule has 0 aliphatic carbocycles. The maximum Gasteiger partial charge on any atom is 0.0217 e. The molecule has 1 nitrogen and oxygen atoms in total. The lowest BCUT2D eigenvalue weighted by Crippen LogP contribution is -2.43. The van der Waals surface area contributed by atoms with Crippen LogP contribution in [0.1, 0.15) is 60.8 Å². The van der Waals surface area contributed by atoms with Gasteiger partial charge in [-0.05, 0) is 12.3 Å². The first-order chi connectivity index (χ1) is 7.15. The average molecular weight is 213 g/mol. The lowest BCUT2D eigenvalue weighted by Gasteiger charge is -2.40. The Morgan fingerprint density at radius 2 is 1.53 bits per heavy atom. The molecule has 1 rings (SSSR count). The molecule has 0 saturated carbocycles. The fourth-order valence-electron chi connectivity index (χ4n) is 1.18. The van der Waals surface area contributed by atoms with Crippen LogP contribution in [0.5, 0.6) is 0 Å². The first-order valence-corrected chi connectivity index (χ1v) is 6.58. The summed E-state index contributed by atoms with van der Waals surface area (Å²) in [4.78, 5) is 2.35. The third-order valence-corrected chi connectivity index (χ3v) is 2.42. The minimum Gasteiger partial charge on any atom is -0.375 e. The molecule has 0 spiro atoms. The van der Waals surface area contributed by atoms with Gasteiger partial charge in [-0.2, -0.15) is 0 Å². The molecule has 0 aromatic carbocycles. The van der Waals surface area contributed by atoms with E-state index in [1.807, 2.05) is 13.8 Å². The fourth-order valence-corrected chi connectivity index (χ4v) is 1.18. The summed E-state index contributed by atoms with van der Waals surface area (Å²) in [6, 6.07) is 0.